The third-order valence-corrected chi connectivity index (χ3v) is 5.48. The lowest BCUT2D eigenvalue weighted by molar-refractivity contribution is -0.219. The Labute approximate surface area is 173 Å². The first-order valence-corrected chi connectivity index (χ1v) is 10.2. The fourth-order valence-electron chi connectivity index (χ4n) is 3.62. The van der Waals surface area contributed by atoms with Crippen molar-refractivity contribution in [3.8, 4) is 16.9 Å². The predicted octanol–water partition coefficient (Wildman–Crippen LogP) is 6.51. The summed E-state index contributed by atoms with van der Waals surface area (Å²) >= 11 is 3.62. The molecule has 142 valence electrons. The molecule has 0 amide bonds. The molecule has 0 radical (unpaired) electrons. The summed E-state index contributed by atoms with van der Waals surface area (Å²) in [7, 11) is 3.14. The lowest BCUT2D eigenvalue weighted by Crippen LogP contribution is -2.21. The normalized spacial score (nSPS) is 11.4. The molecule has 0 saturated heterocycles. The third-order valence-electron chi connectivity index (χ3n) is 4.88. The number of benzene rings is 4. The van der Waals surface area contributed by atoms with Crippen molar-refractivity contribution in [2.75, 3.05) is 14.2 Å². The van der Waals surface area contributed by atoms with Crippen LogP contribution in [0.15, 0.2) is 72.8 Å². The maximum atomic E-state index is 6.20. The topological polar surface area (TPSA) is 27.7 Å². The number of ether oxygens (including phenoxy) is 3. The molecule has 0 fully saturated rings. The molecule has 4 heteroatoms. The Morgan fingerprint density at radius 3 is 2.14 bits per heavy atom. The summed E-state index contributed by atoms with van der Waals surface area (Å²) in [5.74, 6) is 0.764. The summed E-state index contributed by atoms with van der Waals surface area (Å²) in [4.78, 5) is 0. The maximum absolute atomic E-state index is 6.20. The van der Waals surface area contributed by atoms with E-state index in [4.69, 9.17) is 14.2 Å². The van der Waals surface area contributed by atoms with Gasteiger partial charge < -0.3 is 14.2 Å². The van der Waals surface area contributed by atoms with Crippen molar-refractivity contribution in [2.45, 2.75) is 11.8 Å². The van der Waals surface area contributed by atoms with Crippen LogP contribution in [-0.4, -0.2) is 20.7 Å². The molecule has 0 N–H and O–H groups in total. The van der Waals surface area contributed by atoms with E-state index in [0.717, 1.165) is 27.8 Å². The van der Waals surface area contributed by atoms with Gasteiger partial charge in [0.1, 0.15) is 5.75 Å². The first-order chi connectivity index (χ1) is 13.8. The van der Waals surface area contributed by atoms with Crippen molar-refractivity contribution in [3.63, 3.8) is 0 Å². The smallest absolute Gasteiger partial charge is 0.315 e. The summed E-state index contributed by atoms with van der Waals surface area (Å²) in [6.45, 7) is -0.785. The summed E-state index contributed by atoms with van der Waals surface area (Å²) in [5.41, 5.74) is 3.21. The number of rotatable bonds is 6. The van der Waals surface area contributed by atoms with Gasteiger partial charge in [-0.25, -0.2) is 0 Å². The van der Waals surface area contributed by atoms with Gasteiger partial charge in [-0.1, -0.05) is 82.7 Å². The van der Waals surface area contributed by atoms with Gasteiger partial charge in [-0.15, -0.1) is 0 Å². The van der Waals surface area contributed by atoms with E-state index in [1.807, 2.05) is 0 Å². The molecule has 0 atom stereocenters. The van der Waals surface area contributed by atoms with Gasteiger partial charge in [-0.2, -0.15) is 0 Å². The number of halogens is 1. The number of hydrogen-bond donors (Lipinski definition) is 0. The Balaban J connectivity index is 2.09. The lowest BCUT2D eigenvalue weighted by atomic mass is 9.91. The van der Waals surface area contributed by atoms with Crippen molar-refractivity contribution in [1.29, 1.82) is 0 Å². The second kappa shape index (κ2) is 8.31. The zero-order valence-corrected chi connectivity index (χ0v) is 17.4. The van der Waals surface area contributed by atoms with Crippen LogP contribution in [-0.2, 0) is 14.8 Å². The number of hydrogen-bond acceptors (Lipinski definition) is 3. The molecular weight excluding hydrogens is 416 g/mol. The average Bonchev–Trinajstić information content (AvgIpc) is 2.76. The van der Waals surface area contributed by atoms with Gasteiger partial charge in [0.15, 0.2) is 0 Å². The summed E-state index contributed by atoms with van der Waals surface area (Å²) in [5, 5.41) is 5.32. The molecule has 0 aliphatic rings. The monoisotopic (exact) mass is 436 g/mol. The molecule has 0 unspecified atom stereocenters. The SMILES string of the molecule is COC(OC)Oc1c(CBr)cc2ccccc2c1-c1cccc2ccccc12. The fourth-order valence-corrected chi connectivity index (χ4v) is 4.04. The number of methoxy groups -OCH3 is 2. The highest BCUT2D eigenvalue weighted by Crippen LogP contribution is 2.43. The minimum Gasteiger partial charge on any atom is -0.440 e. The van der Waals surface area contributed by atoms with Crippen LogP contribution < -0.4 is 4.74 Å². The Morgan fingerprint density at radius 2 is 1.43 bits per heavy atom. The van der Waals surface area contributed by atoms with Crippen LogP contribution in [0.4, 0.5) is 0 Å². The number of fused-ring (bicyclic) bond motifs is 2. The molecule has 0 aromatic heterocycles. The van der Waals surface area contributed by atoms with Crippen LogP contribution in [0.5, 0.6) is 5.75 Å². The molecule has 4 aromatic carbocycles. The van der Waals surface area contributed by atoms with Gasteiger partial charge in [0, 0.05) is 30.7 Å². The van der Waals surface area contributed by atoms with Crippen molar-refractivity contribution < 1.29 is 14.2 Å². The summed E-state index contributed by atoms with van der Waals surface area (Å²) < 4.78 is 16.9. The van der Waals surface area contributed by atoms with Crippen molar-refractivity contribution in [1.82, 2.24) is 0 Å². The quantitative estimate of drug-likeness (QED) is 0.254. The first-order valence-electron chi connectivity index (χ1n) is 9.07. The Bertz CT molecular complexity index is 1110. The van der Waals surface area contributed by atoms with E-state index < -0.39 is 6.48 Å². The highest BCUT2D eigenvalue weighted by molar-refractivity contribution is 9.08. The maximum Gasteiger partial charge on any atom is 0.315 e. The van der Waals surface area contributed by atoms with E-state index in [-0.39, 0.29) is 0 Å². The van der Waals surface area contributed by atoms with Crippen molar-refractivity contribution in [2.24, 2.45) is 0 Å². The molecule has 3 nitrogen and oxygen atoms in total. The fraction of sp³-hybridized carbons (Fsp3) is 0.167. The van der Waals surface area contributed by atoms with Crippen LogP contribution in [0.2, 0.25) is 0 Å². The van der Waals surface area contributed by atoms with Gasteiger partial charge in [0.05, 0.1) is 0 Å². The highest BCUT2D eigenvalue weighted by Gasteiger charge is 2.20. The molecule has 0 spiro atoms. The van der Waals surface area contributed by atoms with E-state index in [1.54, 1.807) is 14.2 Å². The largest absolute Gasteiger partial charge is 0.440 e. The molecule has 0 heterocycles. The van der Waals surface area contributed by atoms with Crippen LogP contribution in [0.1, 0.15) is 5.56 Å². The number of alkyl halides is 1. The molecule has 0 aliphatic heterocycles. The molecule has 0 aliphatic carbocycles. The standard InChI is InChI=1S/C24H21BrO3/c1-26-24(27-2)28-23-18(15-25)14-17-9-4-6-12-20(17)22(23)21-13-7-10-16-8-3-5-11-19(16)21/h3-14,24H,15H2,1-2H3. The van der Waals surface area contributed by atoms with Crippen LogP contribution in [0.3, 0.4) is 0 Å². The zero-order valence-electron chi connectivity index (χ0n) is 15.8. The average molecular weight is 437 g/mol. The second-order valence-electron chi connectivity index (χ2n) is 6.50. The van der Waals surface area contributed by atoms with Crippen LogP contribution in [0, 0.1) is 0 Å². The molecule has 4 rings (SSSR count). The van der Waals surface area contributed by atoms with E-state index >= 15 is 0 Å². The molecule has 0 bridgehead atoms. The minimum atomic E-state index is -0.785. The van der Waals surface area contributed by atoms with Gasteiger partial charge >= 0.3 is 6.48 Å². The first kappa shape index (κ1) is 18.9. The van der Waals surface area contributed by atoms with Gasteiger partial charge in [-0.05, 0) is 33.2 Å². The molecule has 4 aromatic rings. The Hall–Kier alpha value is -2.40. The van der Waals surface area contributed by atoms with Gasteiger partial charge in [0.25, 0.3) is 0 Å². The Morgan fingerprint density at radius 1 is 0.786 bits per heavy atom. The highest BCUT2D eigenvalue weighted by atomic mass is 79.9. The molecule has 0 saturated carbocycles. The van der Waals surface area contributed by atoms with Gasteiger partial charge in [0.2, 0.25) is 0 Å². The zero-order chi connectivity index (χ0) is 19.5. The molecule has 28 heavy (non-hydrogen) atoms. The summed E-state index contributed by atoms with van der Waals surface area (Å²) in [6, 6.07) is 25.3. The van der Waals surface area contributed by atoms with E-state index in [0.29, 0.717) is 5.33 Å². The summed E-state index contributed by atoms with van der Waals surface area (Å²) in [6.07, 6.45) is 0. The van der Waals surface area contributed by atoms with E-state index in [1.165, 1.54) is 16.2 Å². The lowest BCUT2D eigenvalue weighted by Gasteiger charge is -2.22. The third kappa shape index (κ3) is 3.39. The van der Waals surface area contributed by atoms with E-state index in [2.05, 4.69) is 88.7 Å². The second-order valence-corrected chi connectivity index (χ2v) is 7.06. The van der Waals surface area contributed by atoms with Crippen LogP contribution >= 0.6 is 15.9 Å². The van der Waals surface area contributed by atoms with E-state index in [9.17, 15) is 0 Å². The van der Waals surface area contributed by atoms with Gasteiger partial charge in [-0.3, -0.25) is 0 Å². The molecular formula is C24H21BrO3. The minimum absolute atomic E-state index is 0.658. The predicted molar refractivity (Wildman–Crippen MR) is 118 cm³/mol. The van der Waals surface area contributed by atoms with Crippen molar-refractivity contribution in [3.05, 3.63) is 78.4 Å². The van der Waals surface area contributed by atoms with Crippen molar-refractivity contribution >= 4 is 37.5 Å². The van der Waals surface area contributed by atoms with Crippen LogP contribution in [0.25, 0.3) is 32.7 Å². The Kier molecular flexibility index (Phi) is 5.62.